The SMILES string of the molecule is O=C1OCCN1c1ccc2c(c1)CN(c1ncc(Cc3ccc(N4CCS(=O)CC4)cc3)s1)CC2. The maximum absolute atomic E-state index is 12.0. The predicted octanol–water partition coefficient (Wildman–Crippen LogP) is 3.82. The number of rotatable bonds is 5. The number of hydrogen-bond donors (Lipinski definition) is 0. The number of carbonyl (C=O) groups is 1. The van der Waals surface area contributed by atoms with Gasteiger partial charge in [-0.25, -0.2) is 9.78 Å². The van der Waals surface area contributed by atoms with Gasteiger partial charge in [-0.05, 0) is 47.4 Å². The minimum atomic E-state index is -0.653. The highest BCUT2D eigenvalue weighted by molar-refractivity contribution is 7.85. The lowest BCUT2D eigenvalue weighted by molar-refractivity contribution is 0.181. The van der Waals surface area contributed by atoms with E-state index in [0.29, 0.717) is 13.2 Å². The van der Waals surface area contributed by atoms with E-state index in [-0.39, 0.29) is 6.09 Å². The normalized spacial score (nSPS) is 18.6. The van der Waals surface area contributed by atoms with Gasteiger partial charge in [0.25, 0.3) is 0 Å². The fraction of sp³-hybridized carbons (Fsp3) is 0.385. The molecule has 1 amide bonds. The summed E-state index contributed by atoms with van der Waals surface area (Å²) in [5, 5.41) is 1.05. The van der Waals surface area contributed by atoms with Crippen LogP contribution in [-0.4, -0.2) is 59.6 Å². The quantitative estimate of drug-likeness (QED) is 0.522. The Morgan fingerprint density at radius 3 is 2.51 bits per heavy atom. The van der Waals surface area contributed by atoms with E-state index in [1.165, 1.54) is 27.3 Å². The number of carbonyl (C=O) groups excluding carboxylic acids is 1. The van der Waals surface area contributed by atoms with Gasteiger partial charge in [0.15, 0.2) is 5.13 Å². The smallest absolute Gasteiger partial charge is 0.414 e. The first-order valence-corrected chi connectivity index (χ1v) is 14.4. The molecular formula is C26H28N4O3S2. The van der Waals surface area contributed by atoms with Crippen LogP contribution in [0.2, 0.25) is 0 Å². The summed E-state index contributed by atoms with van der Waals surface area (Å²) in [7, 11) is -0.653. The summed E-state index contributed by atoms with van der Waals surface area (Å²) in [5.74, 6) is 1.52. The highest BCUT2D eigenvalue weighted by Crippen LogP contribution is 2.32. The Balaban J connectivity index is 1.11. The Morgan fingerprint density at radius 1 is 0.943 bits per heavy atom. The van der Waals surface area contributed by atoms with E-state index >= 15 is 0 Å². The van der Waals surface area contributed by atoms with E-state index in [1.54, 1.807) is 16.2 Å². The number of aromatic nitrogens is 1. The van der Waals surface area contributed by atoms with Gasteiger partial charge in [-0.1, -0.05) is 18.2 Å². The molecule has 0 N–H and O–H groups in total. The molecule has 4 heterocycles. The minimum absolute atomic E-state index is 0.262. The number of cyclic esters (lactones) is 1. The van der Waals surface area contributed by atoms with Crippen LogP contribution in [0.4, 0.5) is 21.3 Å². The second-order valence-corrected chi connectivity index (χ2v) is 12.0. The van der Waals surface area contributed by atoms with Crippen molar-refractivity contribution in [1.82, 2.24) is 4.98 Å². The van der Waals surface area contributed by atoms with Crippen molar-refractivity contribution in [2.75, 3.05) is 59.0 Å². The van der Waals surface area contributed by atoms with E-state index in [9.17, 15) is 9.00 Å². The molecular weight excluding hydrogens is 480 g/mol. The molecule has 1 aromatic heterocycles. The van der Waals surface area contributed by atoms with E-state index in [2.05, 4.69) is 46.2 Å². The molecule has 3 aromatic rings. The van der Waals surface area contributed by atoms with Crippen LogP contribution in [0.3, 0.4) is 0 Å². The summed E-state index contributed by atoms with van der Waals surface area (Å²) >= 11 is 1.76. The molecule has 0 unspecified atom stereocenters. The van der Waals surface area contributed by atoms with E-state index in [1.807, 2.05) is 12.3 Å². The van der Waals surface area contributed by atoms with Gasteiger partial charge in [0.2, 0.25) is 0 Å². The van der Waals surface area contributed by atoms with Crippen molar-refractivity contribution in [1.29, 1.82) is 0 Å². The van der Waals surface area contributed by atoms with Crippen LogP contribution in [0.25, 0.3) is 0 Å². The first kappa shape index (κ1) is 22.5. The van der Waals surface area contributed by atoms with Crippen LogP contribution in [0, 0.1) is 0 Å². The molecule has 2 aromatic carbocycles. The summed E-state index contributed by atoms with van der Waals surface area (Å²) < 4.78 is 16.7. The average Bonchev–Trinajstić information content (AvgIpc) is 3.53. The number of nitrogens with zero attached hydrogens (tertiary/aromatic N) is 4. The van der Waals surface area contributed by atoms with Gasteiger partial charge in [0.1, 0.15) is 6.61 Å². The molecule has 0 atom stereocenters. The maximum Gasteiger partial charge on any atom is 0.414 e. The zero-order valence-electron chi connectivity index (χ0n) is 19.5. The third kappa shape index (κ3) is 4.79. The minimum Gasteiger partial charge on any atom is -0.447 e. The van der Waals surface area contributed by atoms with Crippen LogP contribution in [-0.2, 0) is 34.9 Å². The van der Waals surface area contributed by atoms with Gasteiger partial charge in [-0.3, -0.25) is 9.11 Å². The Morgan fingerprint density at radius 2 is 1.74 bits per heavy atom. The number of thiazole rings is 1. The number of anilines is 3. The van der Waals surface area contributed by atoms with E-state index in [0.717, 1.165) is 61.3 Å². The molecule has 2 saturated heterocycles. The van der Waals surface area contributed by atoms with Crippen LogP contribution in [0.5, 0.6) is 0 Å². The van der Waals surface area contributed by atoms with Gasteiger partial charge in [-0.2, -0.15) is 0 Å². The second kappa shape index (κ2) is 9.62. The van der Waals surface area contributed by atoms with E-state index < -0.39 is 10.8 Å². The van der Waals surface area contributed by atoms with Gasteiger partial charge in [-0.15, -0.1) is 11.3 Å². The number of hydrogen-bond acceptors (Lipinski definition) is 7. The highest BCUT2D eigenvalue weighted by Gasteiger charge is 2.26. The molecule has 0 saturated carbocycles. The second-order valence-electron chi connectivity index (χ2n) is 9.18. The molecule has 0 bridgehead atoms. The number of amides is 1. The molecule has 9 heteroatoms. The first-order valence-electron chi connectivity index (χ1n) is 12.1. The van der Waals surface area contributed by atoms with Crippen LogP contribution >= 0.6 is 11.3 Å². The molecule has 0 spiro atoms. The van der Waals surface area contributed by atoms with E-state index in [4.69, 9.17) is 9.72 Å². The zero-order valence-corrected chi connectivity index (χ0v) is 21.2. The lowest BCUT2D eigenvalue weighted by Gasteiger charge is -2.29. The molecule has 2 fully saturated rings. The summed E-state index contributed by atoms with van der Waals surface area (Å²) in [6.45, 7) is 4.54. The molecule has 3 aliphatic rings. The summed E-state index contributed by atoms with van der Waals surface area (Å²) in [5.41, 5.74) is 5.99. The van der Waals surface area contributed by atoms with Crippen LogP contribution in [0.15, 0.2) is 48.7 Å². The van der Waals surface area contributed by atoms with Crippen LogP contribution < -0.4 is 14.7 Å². The Hall–Kier alpha value is -2.91. The van der Waals surface area contributed by atoms with Crippen molar-refractivity contribution >= 4 is 44.7 Å². The van der Waals surface area contributed by atoms with Gasteiger partial charge in [0.05, 0.1) is 6.54 Å². The molecule has 0 radical (unpaired) electrons. The van der Waals surface area contributed by atoms with Gasteiger partial charge < -0.3 is 14.5 Å². The Kier molecular flexibility index (Phi) is 6.20. The average molecular weight is 509 g/mol. The summed E-state index contributed by atoms with van der Waals surface area (Å²) in [6, 6.07) is 15.1. The fourth-order valence-corrected chi connectivity index (χ4v) is 6.97. The van der Waals surface area contributed by atoms with Crippen molar-refractivity contribution in [2.45, 2.75) is 19.4 Å². The topological polar surface area (TPSA) is 66.0 Å². The maximum atomic E-state index is 12.0. The van der Waals surface area contributed by atoms with Crippen molar-refractivity contribution < 1.29 is 13.7 Å². The number of fused-ring (bicyclic) bond motifs is 1. The Bertz CT molecular complexity index is 1250. The third-order valence-electron chi connectivity index (χ3n) is 6.94. The van der Waals surface area contributed by atoms with Crippen molar-refractivity contribution in [3.63, 3.8) is 0 Å². The van der Waals surface area contributed by atoms with Gasteiger partial charge >= 0.3 is 6.09 Å². The van der Waals surface area contributed by atoms with Gasteiger partial charge in [0, 0.05) is 77.4 Å². The van der Waals surface area contributed by atoms with Crippen molar-refractivity contribution in [2.24, 2.45) is 0 Å². The first-order chi connectivity index (χ1) is 17.1. The lowest BCUT2D eigenvalue weighted by Crippen LogP contribution is -2.37. The Labute approximate surface area is 211 Å². The molecule has 7 nitrogen and oxygen atoms in total. The summed E-state index contributed by atoms with van der Waals surface area (Å²) in [6.07, 6.45) is 3.58. The molecule has 6 rings (SSSR count). The predicted molar refractivity (Wildman–Crippen MR) is 141 cm³/mol. The standard InChI is InChI=1S/C26H28N4O3S2/c31-26-30(9-12-33-26)23-6-3-20-7-8-29(18-21(20)16-23)25-27-17-24(34-25)15-19-1-4-22(5-2-19)28-10-13-35(32)14-11-28/h1-6,16-17H,7-15,18H2. The monoisotopic (exact) mass is 508 g/mol. The lowest BCUT2D eigenvalue weighted by atomic mass is 9.99. The van der Waals surface area contributed by atoms with Crippen molar-refractivity contribution in [3.05, 3.63) is 70.2 Å². The molecule has 3 aliphatic heterocycles. The fourth-order valence-electron chi connectivity index (χ4n) is 4.95. The highest BCUT2D eigenvalue weighted by atomic mass is 32.2. The molecule has 0 aliphatic carbocycles. The molecule has 182 valence electrons. The van der Waals surface area contributed by atoms with Crippen molar-refractivity contribution in [3.8, 4) is 0 Å². The zero-order chi connectivity index (χ0) is 23.8. The van der Waals surface area contributed by atoms with Crippen LogP contribution in [0.1, 0.15) is 21.6 Å². The number of ether oxygens (including phenoxy) is 1. The summed E-state index contributed by atoms with van der Waals surface area (Å²) in [4.78, 5) is 24.3. The number of benzene rings is 2. The molecule has 35 heavy (non-hydrogen) atoms. The third-order valence-corrected chi connectivity index (χ3v) is 9.28. The largest absolute Gasteiger partial charge is 0.447 e.